The first kappa shape index (κ1) is 18.0. The number of hydrogen-bond acceptors (Lipinski definition) is 4. The third-order valence-electron chi connectivity index (χ3n) is 3.92. The maximum atomic E-state index is 12.8. The number of benzene rings is 1. The lowest BCUT2D eigenvalue weighted by Crippen LogP contribution is -2.32. The van der Waals surface area contributed by atoms with Crippen molar-refractivity contribution in [2.75, 3.05) is 0 Å². The van der Waals surface area contributed by atoms with Gasteiger partial charge in [-0.1, -0.05) is 25.1 Å². The fourth-order valence-corrected chi connectivity index (χ4v) is 2.50. The molecule has 0 bridgehead atoms. The Morgan fingerprint density at radius 1 is 1.29 bits per heavy atom. The van der Waals surface area contributed by atoms with Crippen LogP contribution >= 0.6 is 0 Å². The zero-order valence-corrected chi connectivity index (χ0v) is 13.0. The standard InChI is InChI=1S/C16H16F3NO4/c1-3-11(9-5-4-6-10(7-9)16(17,18)19)15(23)24-12-8(2)13(21)20-14(12)22/h4-8,11-12H,3H2,1-2H3,(H,20,21,22). The van der Waals surface area contributed by atoms with Crippen LogP contribution in [0.15, 0.2) is 24.3 Å². The average Bonchev–Trinajstić information content (AvgIpc) is 2.74. The fourth-order valence-electron chi connectivity index (χ4n) is 2.50. The van der Waals surface area contributed by atoms with Gasteiger partial charge in [-0.25, -0.2) is 0 Å². The van der Waals surface area contributed by atoms with E-state index in [-0.39, 0.29) is 12.0 Å². The van der Waals surface area contributed by atoms with Crippen molar-refractivity contribution in [3.05, 3.63) is 35.4 Å². The van der Waals surface area contributed by atoms with E-state index in [1.807, 2.05) is 5.32 Å². The monoisotopic (exact) mass is 343 g/mol. The van der Waals surface area contributed by atoms with Crippen molar-refractivity contribution in [3.63, 3.8) is 0 Å². The zero-order chi connectivity index (χ0) is 18.1. The molecule has 8 heteroatoms. The highest BCUT2D eigenvalue weighted by atomic mass is 19.4. The lowest BCUT2D eigenvalue weighted by Gasteiger charge is -2.19. The molecule has 1 aliphatic heterocycles. The topological polar surface area (TPSA) is 72.5 Å². The number of nitrogens with one attached hydrogen (secondary N) is 1. The molecule has 1 heterocycles. The predicted molar refractivity (Wildman–Crippen MR) is 76.7 cm³/mol. The summed E-state index contributed by atoms with van der Waals surface area (Å²) in [6.07, 6.45) is -5.59. The van der Waals surface area contributed by atoms with Gasteiger partial charge in [-0.15, -0.1) is 0 Å². The van der Waals surface area contributed by atoms with Crippen molar-refractivity contribution in [2.45, 2.75) is 38.5 Å². The number of halogens is 3. The highest BCUT2D eigenvalue weighted by Crippen LogP contribution is 2.32. The Morgan fingerprint density at radius 2 is 1.96 bits per heavy atom. The molecule has 3 unspecified atom stereocenters. The summed E-state index contributed by atoms with van der Waals surface area (Å²) in [5.74, 6) is -3.90. The summed E-state index contributed by atoms with van der Waals surface area (Å²) >= 11 is 0. The Hall–Kier alpha value is -2.38. The number of rotatable bonds is 4. The second kappa shape index (κ2) is 6.62. The van der Waals surface area contributed by atoms with Crippen molar-refractivity contribution in [2.24, 2.45) is 5.92 Å². The summed E-state index contributed by atoms with van der Waals surface area (Å²) in [6.45, 7) is 3.05. The van der Waals surface area contributed by atoms with Crippen molar-refractivity contribution in [1.29, 1.82) is 0 Å². The second-order valence-electron chi connectivity index (χ2n) is 5.58. The summed E-state index contributed by atoms with van der Waals surface area (Å²) in [5, 5.41) is 2.04. The van der Waals surface area contributed by atoms with Gasteiger partial charge in [-0.3, -0.25) is 19.7 Å². The van der Waals surface area contributed by atoms with E-state index in [4.69, 9.17) is 4.74 Å². The Balaban J connectivity index is 2.21. The highest BCUT2D eigenvalue weighted by molar-refractivity contribution is 6.07. The van der Waals surface area contributed by atoms with Gasteiger partial charge in [0, 0.05) is 0 Å². The Labute approximate surface area is 136 Å². The molecule has 0 spiro atoms. The first-order chi connectivity index (χ1) is 11.1. The van der Waals surface area contributed by atoms with E-state index < -0.39 is 47.5 Å². The molecule has 2 rings (SSSR count). The number of esters is 1. The van der Waals surface area contributed by atoms with Crippen molar-refractivity contribution in [3.8, 4) is 0 Å². The Kier molecular flexibility index (Phi) is 4.96. The molecule has 1 N–H and O–H groups in total. The second-order valence-corrected chi connectivity index (χ2v) is 5.58. The van der Waals surface area contributed by atoms with Crippen LogP contribution in [0.2, 0.25) is 0 Å². The van der Waals surface area contributed by atoms with E-state index in [1.54, 1.807) is 6.92 Å². The maximum Gasteiger partial charge on any atom is 0.416 e. The minimum atomic E-state index is -4.52. The summed E-state index contributed by atoms with van der Waals surface area (Å²) in [6, 6.07) is 4.40. The molecule has 5 nitrogen and oxygen atoms in total. The first-order valence-electron chi connectivity index (χ1n) is 7.37. The van der Waals surface area contributed by atoms with Gasteiger partial charge in [0.1, 0.15) is 0 Å². The van der Waals surface area contributed by atoms with E-state index in [2.05, 4.69) is 0 Å². The number of carbonyl (C=O) groups excluding carboxylic acids is 3. The van der Waals surface area contributed by atoms with Crippen molar-refractivity contribution < 1.29 is 32.3 Å². The van der Waals surface area contributed by atoms with Crippen molar-refractivity contribution in [1.82, 2.24) is 5.32 Å². The third kappa shape index (κ3) is 3.58. The highest BCUT2D eigenvalue weighted by Gasteiger charge is 2.42. The summed E-state index contributed by atoms with van der Waals surface area (Å²) in [4.78, 5) is 35.3. The van der Waals surface area contributed by atoms with Crippen LogP contribution in [0.5, 0.6) is 0 Å². The predicted octanol–water partition coefficient (Wildman–Crippen LogP) is 2.40. The quantitative estimate of drug-likeness (QED) is 0.673. The largest absolute Gasteiger partial charge is 0.451 e. The van der Waals surface area contributed by atoms with Crippen LogP contribution in [0, 0.1) is 5.92 Å². The van der Waals surface area contributed by atoms with Gasteiger partial charge in [0.25, 0.3) is 5.91 Å². The smallest absolute Gasteiger partial charge is 0.416 e. The fraction of sp³-hybridized carbons (Fsp3) is 0.438. The normalized spacial score (nSPS) is 22.2. The molecular weight excluding hydrogens is 327 g/mol. The molecule has 1 aromatic rings. The Bertz CT molecular complexity index is 672. The van der Waals surface area contributed by atoms with Crippen LogP contribution < -0.4 is 5.32 Å². The van der Waals surface area contributed by atoms with E-state index in [9.17, 15) is 27.6 Å². The molecule has 0 saturated carbocycles. The molecule has 1 aromatic carbocycles. The van der Waals surface area contributed by atoms with Crippen LogP contribution in [0.3, 0.4) is 0 Å². The maximum absolute atomic E-state index is 12.8. The SMILES string of the molecule is CCC(C(=O)OC1C(=O)NC(=O)C1C)c1cccc(C(F)(F)F)c1. The average molecular weight is 343 g/mol. The van der Waals surface area contributed by atoms with Gasteiger partial charge < -0.3 is 4.74 Å². The molecule has 130 valence electrons. The molecule has 3 atom stereocenters. The molecule has 2 amide bonds. The van der Waals surface area contributed by atoms with Gasteiger partial charge in [0.2, 0.25) is 5.91 Å². The van der Waals surface area contributed by atoms with E-state index >= 15 is 0 Å². The van der Waals surface area contributed by atoms with Crippen molar-refractivity contribution >= 4 is 17.8 Å². The van der Waals surface area contributed by atoms with Crippen LogP contribution in [0.4, 0.5) is 13.2 Å². The van der Waals surface area contributed by atoms with Gasteiger partial charge >= 0.3 is 12.1 Å². The van der Waals surface area contributed by atoms with Crippen LogP contribution in [-0.4, -0.2) is 23.9 Å². The van der Waals surface area contributed by atoms with E-state index in [1.165, 1.54) is 19.1 Å². The minimum Gasteiger partial charge on any atom is -0.451 e. The van der Waals surface area contributed by atoms with E-state index in [0.717, 1.165) is 12.1 Å². The summed E-state index contributed by atoms with van der Waals surface area (Å²) < 4.78 is 43.5. The Morgan fingerprint density at radius 3 is 2.46 bits per heavy atom. The molecular formula is C16H16F3NO4. The summed E-state index contributed by atoms with van der Waals surface area (Å²) in [7, 11) is 0. The number of ether oxygens (including phenoxy) is 1. The van der Waals surface area contributed by atoms with Crippen LogP contribution in [-0.2, 0) is 25.3 Å². The molecule has 1 saturated heterocycles. The lowest BCUT2D eigenvalue weighted by atomic mass is 9.94. The van der Waals surface area contributed by atoms with Crippen LogP contribution in [0.25, 0.3) is 0 Å². The molecule has 24 heavy (non-hydrogen) atoms. The third-order valence-corrected chi connectivity index (χ3v) is 3.92. The zero-order valence-electron chi connectivity index (χ0n) is 13.0. The number of amides is 2. The van der Waals surface area contributed by atoms with Gasteiger partial charge in [-0.05, 0) is 25.0 Å². The van der Waals surface area contributed by atoms with Gasteiger partial charge in [0.05, 0.1) is 17.4 Å². The first-order valence-corrected chi connectivity index (χ1v) is 7.37. The molecule has 0 aromatic heterocycles. The lowest BCUT2D eigenvalue weighted by molar-refractivity contribution is -0.157. The number of hydrogen-bond donors (Lipinski definition) is 1. The summed E-state index contributed by atoms with van der Waals surface area (Å²) in [5.41, 5.74) is -0.719. The minimum absolute atomic E-state index is 0.148. The van der Waals surface area contributed by atoms with Gasteiger partial charge in [-0.2, -0.15) is 13.2 Å². The number of alkyl halides is 3. The molecule has 0 aliphatic carbocycles. The van der Waals surface area contributed by atoms with Gasteiger partial charge in [0.15, 0.2) is 6.10 Å². The van der Waals surface area contributed by atoms with E-state index in [0.29, 0.717) is 0 Å². The van der Waals surface area contributed by atoms with Crippen LogP contribution in [0.1, 0.15) is 37.3 Å². The molecule has 1 aliphatic rings. The molecule has 0 radical (unpaired) electrons. The number of imide groups is 1. The molecule has 1 fully saturated rings. The number of carbonyl (C=O) groups is 3.